The number of nitrogens with zero attached hydrogens (tertiary/aromatic N) is 2. The lowest BCUT2D eigenvalue weighted by Gasteiger charge is -2.25. The van der Waals surface area contributed by atoms with E-state index in [0.29, 0.717) is 17.1 Å². The molecule has 2 aliphatic heterocycles. The van der Waals surface area contributed by atoms with Gasteiger partial charge in [-0.3, -0.25) is 19.1 Å². The molecule has 22 heavy (non-hydrogen) atoms. The summed E-state index contributed by atoms with van der Waals surface area (Å²) in [5.41, 5.74) is -0.380. The molecule has 0 aromatic carbocycles. The van der Waals surface area contributed by atoms with Gasteiger partial charge in [0.25, 0.3) is 5.56 Å². The summed E-state index contributed by atoms with van der Waals surface area (Å²) in [5.74, 6) is 0.814. The summed E-state index contributed by atoms with van der Waals surface area (Å²) in [7, 11) is 0. The van der Waals surface area contributed by atoms with E-state index in [0.717, 1.165) is 38.1 Å². The minimum absolute atomic E-state index is 0.0649. The van der Waals surface area contributed by atoms with Crippen LogP contribution in [-0.2, 0) is 11.3 Å². The summed E-state index contributed by atoms with van der Waals surface area (Å²) in [6, 6.07) is 0. The average molecular weight is 321 g/mol. The normalized spacial score (nSPS) is 18.5. The zero-order valence-corrected chi connectivity index (χ0v) is 13.2. The summed E-state index contributed by atoms with van der Waals surface area (Å²) in [6.45, 7) is 2.17. The number of carbonyl (C=O) groups is 1. The maximum Gasteiger partial charge on any atom is 0.329 e. The highest BCUT2D eigenvalue weighted by atomic mass is 32.2. The number of fused-ring (bicyclic) bond motifs is 1. The first-order valence-corrected chi connectivity index (χ1v) is 8.62. The van der Waals surface area contributed by atoms with E-state index in [2.05, 4.69) is 4.98 Å². The van der Waals surface area contributed by atoms with Crippen molar-refractivity contribution in [3.8, 4) is 0 Å². The first-order valence-electron chi connectivity index (χ1n) is 7.64. The van der Waals surface area contributed by atoms with Crippen molar-refractivity contribution in [1.82, 2.24) is 14.5 Å². The van der Waals surface area contributed by atoms with Crippen molar-refractivity contribution in [2.75, 3.05) is 18.8 Å². The number of amides is 1. The molecule has 0 spiro atoms. The Morgan fingerprint density at radius 2 is 1.86 bits per heavy atom. The topological polar surface area (TPSA) is 75.2 Å². The number of piperidine rings is 1. The zero-order chi connectivity index (χ0) is 15.5. The fourth-order valence-electron chi connectivity index (χ4n) is 2.84. The number of hydrogen-bond donors (Lipinski definition) is 1. The molecule has 6 nitrogen and oxygen atoms in total. The molecule has 1 aromatic rings. The molecule has 7 heteroatoms. The number of nitrogens with one attached hydrogen (secondary N) is 1. The van der Waals surface area contributed by atoms with Gasteiger partial charge in [-0.05, 0) is 31.8 Å². The molecule has 0 bridgehead atoms. The Morgan fingerprint density at radius 1 is 1.09 bits per heavy atom. The molecule has 0 atom stereocenters. The second-order valence-electron chi connectivity index (χ2n) is 5.55. The molecule has 0 unspecified atom stereocenters. The van der Waals surface area contributed by atoms with Gasteiger partial charge in [-0.2, -0.15) is 0 Å². The third-order valence-electron chi connectivity index (χ3n) is 4.01. The van der Waals surface area contributed by atoms with E-state index < -0.39 is 5.56 Å². The summed E-state index contributed by atoms with van der Waals surface area (Å²) in [6.07, 6.45) is 7.15. The van der Waals surface area contributed by atoms with Gasteiger partial charge in [-0.15, -0.1) is 11.8 Å². The van der Waals surface area contributed by atoms with Crippen LogP contribution in [0.3, 0.4) is 0 Å². The van der Waals surface area contributed by atoms with E-state index in [1.807, 2.05) is 4.90 Å². The number of H-pyrrole nitrogens is 1. The van der Waals surface area contributed by atoms with Gasteiger partial charge >= 0.3 is 5.69 Å². The Morgan fingerprint density at radius 3 is 2.64 bits per heavy atom. The monoisotopic (exact) mass is 321 g/mol. The summed E-state index contributed by atoms with van der Waals surface area (Å²) >= 11 is 1.50. The summed E-state index contributed by atoms with van der Waals surface area (Å²) in [5, 5.41) is 0.669. The van der Waals surface area contributed by atoms with Crippen LogP contribution in [0, 0.1) is 0 Å². The van der Waals surface area contributed by atoms with Crippen LogP contribution >= 0.6 is 11.8 Å². The molecule has 3 heterocycles. The average Bonchev–Trinajstić information content (AvgIpc) is 2.55. The standard InChI is InChI=1S/C15H19N3O3S/c19-12(17-7-2-1-3-8-17)6-5-11-13(20)16-15(21)18-9-4-10-22-14(11)18/h5-6H,1-4,7-10H2,(H,16,20,21)/b6-5+. The number of aromatic nitrogens is 2. The van der Waals surface area contributed by atoms with Crippen LogP contribution in [0.5, 0.6) is 0 Å². The van der Waals surface area contributed by atoms with Crippen molar-refractivity contribution in [3.05, 3.63) is 32.5 Å². The third-order valence-corrected chi connectivity index (χ3v) is 5.22. The molecule has 1 N–H and O–H groups in total. The van der Waals surface area contributed by atoms with Crippen LogP contribution in [-0.4, -0.2) is 39.2 Å². The van der Waals surface area contributed by atoms with Gasteiger partial charge in [0.05, 0.1) is 10.6 Å². The molecule has 1 aromatic heterocycles. The van der Waals surface area contributed by atoms with Gasteiger partial charge in [0.15, 0.2) is 0 Å². The lowest BCUT2D eigenvalue weighted by atomic mass is 10.1. The van der Waals surface area contributed by atoms with E-state index >= 15 is 0 Å². The van der Waals surface area contributed by atoms with Gasteiger partial charge in [-0.1, -0.05) is 0 Å². The molecule has 3 rings (SSSR count). The number of carbonyl (C=O) groups excluding carboxylic acids is 1. The van der Waals surface area contributed by atoms with E-state index in [1.54, 1.807) is 10.6 Å². The van der Waals surface area contributed by atoms with Crippen molar-refractivity contribution in [3.63, 3.8) is 0 Å². The molecular formula is C15H19N3O3S. The second-order valence-corrected chi connectivity index (χ2v) is 6.63. The molecule has 0 saturated carbocycles. The Bertz CT molecular complexity index is 714. The van der Waals surface area contributed by atoms with E-state index in [-0.39, 0.29) is 11.6 Å². The van der Waals surface area contributed by atoms with Gasteiger partial charge < -0.3 is 4.90 Å². The maximum atomic E-state index is 12.2. The highest BCUT2D eigenvalue weighted by Gasteiger charge is 2.18. The van der Waals surface area contributed by atoms with Gasteiger partial charge in [-0.25, -0.2) is 4.79 Å². The van der Waals surface area contributed by atoms with E-state index in [9.17, 15) is 14.4 Å². The van der Waals surface area contributed by atoms with Crippen molar-refractivity contribution < 1.29 is 4.79 Å². The van der Waals surface area contributed by atoms with Crippen LogP contribution < -0.4 is 11.2 Å². The molecule has 2 aliphatic rings. The predicted octanol–water partition coefficient (Wildman–Crippen LogP) is 1.06. The van der Waals surface area contributed by atoms with Crippen molar-refractivity contribution >= 4 is 23.7 Å². The Kier molecular flexibility index (Phi) is 4.52. The van der Waals surface area contributed by atoms with Crippen LogP contribution in [0.1, 0.15) is 31.2 Å². The zero-order valence-electron chi connectivity index (χ0n) is 12.3. The number of rotatable bonds is 2. The minimum Gasteiger partial charge on any atom is -0.339 e. The first kappa shape index (κ1) is 15.1. The number of aromatic amines is 1. The van der Waals surface area contributed by atoms with Gasteiger partial charge in [0.1, 0.15) is 0 Å². The van der Waals surface area contributed by atoms with Gasteiger partial charge in [0, 0.05) is 31.5 Å². The highest BCUT2D eigenvalue weighted by molar-refractivity contribution is 7.99. The van der Waals surface area contributed by atoms with E-state index in [1.165, 1.54) is 24.3 Å². The molecule has 1 fully saturated rings. The minimum atomic E-state index is -0.423. The summed E-state index contributed by atoms with van der Waals surface area (Å²) in [4.78, 5) is 40.2. The van der Waals surface area contributed by atoms with Crippen LogP contribution in [0.25, 0.3) is 6.08 Å². The fraction of sp³-hybridized carbons (Fsp3) is 0.533. The lowest BCUT2D eigenvalue weighted by molar-refractivity contribution is -0.126. The van der Waals surface area contributed by atoms with E-state index in [4.69, 9.17) is 0 Å². The Hall–Kier alpha value is -1.76. The number of hydrogen-bond acceptors (Lipinski definition) is 4. The van der Waals surface area contributed by atoms with Crippen LogP contribution in [0.2, 0.25) is 0 Å². The quantitative estimate of drug-likeness (QED) is 0.653. The fourth-order valence-corrected chi connectivity index (χ4v) is 3.95. The van der Waals surface area contributed by atoms with Gasteiger partial charge in [0.2, 0.25) is 5.91 Å². The SMILES string of the molecule is O=C(/C=C/c1c2n(c(=O)[nH]c1=O)CCCS2)N1CCCCC1. The van der Waals surface area contributed by atoms with Crippen molar-refractivity contribution in [2.24, 2.45) is 0 Å². The largest absolute Gasteiger partial charge is 0.339 e. The van der Waals surface area contributed by atoms with Crippen LogP contribution in [0.15, 0.2) is 20.7 Å². The predicted molar refractivity (Wildman–Crippen MR) is 86.1 cm³/mol. The molecule has 0 radical (unpaired) electrons. The molecule has 1 saturated heterocycles. The molecule has 0 aliphatic carbocycles. The number of thioether (sulfide) groups is 1. The van der Waals surface area contributed by atoms with Crippen molar-refractivity contribution in [2.45, 2.75) is 37.3 Å². The Labute approximate surface area is 132 Å². The van der Waals surface area contributed by atoms with Crippen molar-refractivity contribution in [1.29, 1.82) is 0 Å². The third kappa shape index (κ3) is 3.04. The van der Waals surface area contributed by atoms with Crippen LogP contribution in [0.4, 0.5) is 0 Å². The Balaban J connectivity index is 1.88. The molecule has 1 amide bonds. The molecule has 118 valence electrons. The number of likely N-dealkylation sites (tertiary alicyclic amines) is 1. The molecular weight excluding hydrogens is 302 g/mol. The summed E-state index contributed by atoms with van der Waals surface area (Å²) < 4.78 is 1.58. The maximum absolute atomic E-state index is 12.2. The smallest absolute Gasteiger partial charge is 0.329 e. The lowest BCUT2D eigenvalue weighted by Crippen LogP contribution is -2.35. The first-order chi connectivity index (χ1) is 10.7. The highest BCUT2D eigenvalue weighted by Crippen LogP contribution is 2.25. The second kappa shape index (κ2) is 6.56.